The second-order valence-corrected chi connectivity index (χ2v) is 7.97. The molecule has 1 aromatic carbocycles. The van der Waals surface area contributed by atoms with Gasteiger partial charge in [-0.1, -0.05) is 0 Å². The van der Waals surface area contributed by atoms with E-state index in [4.69, 9.17) is 9.47 Å². The van der Waals surface area contributed by atoms with Gasteiger partial charge in [0.2, 0.25) is 0 Å². The Morgan fingerprint density at radius 2 is 1.50 bits per heavy atom. The standard InChI is InChI=1S/C21H20F6N2O3/c1-31-18-8-12(20(22,23)24)2-6-17(18)32-16-9-14-4-5-15(10-16)29(14)19-7-3-13(11-28(19)30)21(25,26)27/h2-3,6-8,11,14-16H,4-5,9-10H2,1H3/t14-,15+,16?. The van der Waals surface area contributed by atoms with Gasteiger partial charge in [0.05, 0.1) is 18.2 Å². The van der Waals surface area contributed by atoms with Gasteiger partial charge in [0, 0.05) is 18.9 Å². The van der Waals surface area contributed by atoms with Gasteiger partial charge in [-0.25, -0.2) is 4.73 Å². The molecule has 32 heavy (non-hydrogen) atoms. The minimum atomic E-state index is -4.61. The fourth-order valence-electron chi connectivity index (χ4n) is 4.56. The second kappa shape index (κ2) is 7.93. The zero-order valence-corrected chi connectivity index (χ0v) is 16.9. The van der Waals surface area contributed by atoms with Crippen molar-refractivity contribution >= 4 is 5.82 Å². The minimum Gasteiger partial charge on any atom is -0.711 e. The number of halogens is 6. The third kappa shape index (κ3) is 4.24. The van der Waals surface area contributed by atoms with Crippen molar-refractivity contribution in [1.82, 2.24) is 0 Å². The summed E-state index contributed by atoms with van der Waals surface area (Å²) in [7, 11) is 1.26. The van der Waals surface area contributed by atoms with Crippen LogP contribution in [0.4, 0.5) is 32.2 Å². The maximum absolute atomic E-state index is 12.9. The van der Waals surface area contributed by atoms with Gasteiger partial charge >= 0.3 is 12.4 Å². The van der Waals surface area contributed by atoms with E-state index in [1.54, 1.807) is 0 Å². The average molecular weight is 462 g/mol. The Bertz CT molecular complexity index is 980. The van der Waals surface area contributed by atoms with Crippen LogP contribution < -0.4 is 19.1 Å². The molecular formula is C21H20F6N2O3. The lowest BCUT2D eigenvalue weighted by Gasteiger charge is -2.36. The van der Waals surface area contributed by atoms with E-state index in [-0.39, 0.29) is 40.2 Å². The Hall–Kier alpha value is -2.85. The number of pyridine rings is 1. The van der Waals surface area contributed by atoms with Crippen LogP contribution in [0, 0.1) is 5.21 Å². The van der Waals surface area contributed by atoms with E-state index in [2.05, 4.69) is 0 Å². The summed E-state index contributed by atoms with van der Waals surface area (Å²) in [6.45, 7) is 0. The molecule has 4 rings (SSSR count). The number of fused-ring (bicyclic) bond motifs is 2. The number of benzene rings is 1. The van der Waals surface area contributed by atoms with Crippen molar-refractivity contribution in [2.24, 2.45) is 0 Å². The van der Waals surface area contributed by atoms with Crippen molar-refractivity contribution in [3.63, 3.8) is 0 Å². The van der Waals surface area contributed by atoms with Gasteiger partial charge in [-0.2, -0.15) is 26.3 Å². The smallest absolute Gasteiger partial charge is 0.419 e. The molecule has 11 heteroatoms. The number of aromatic nitrogens is 1. The van der Waals surface area contributed by atoms with Crippen molar-refractivity contribution < 1.29 is 40.5 Å². The lowest BCUT2D eigenvalue weighted by Crippen LogP contribution is -2.51. The Kier molecular flexibility index (Phi) is 5.54. The van der Waals surface area contributed by atoms with Crippen LogP contribution in [-0.2, 0) is 12.4 Å². The van der Waals surface area contributed by atoms with E-state index in [9.17, 15) is 31.5 Å². The number of anilines is 1. The van der Waals surface area contributed by atoms with Gasteiger partial charge in [-0.3, -0.25) is 4.90 Å². The summed E-state index contributed by atoms with van der Waals surface area (Å²) in [5.74, 6) is 0.303. The van der Waals surface area contributed by atoms with Gasteiger partial charge in [-0.15, -0.1) is 0 Å². The summed E-state index contributed by atoms with van der Waals surface area (Å²) in [6, 6.07) is 4.83. The molecule has 1 aromatic heterocycles. The summed E-state index contributed by atoms with van der Waals surface area (Å²) in [6.07, 6.45) is -6.50. The van der Waals surface area contributed by atoms with Crippen LogP contribution in [0.15, 0.2) is 36.5 Å². The van der Waals surface area contributed by atoms with Crippen LogP contribution in [0.2, 0.25) is 0 Å². The summed E-state index contributed by atoms with van der Waals surface area (Å²) >= 11 is 0. The summed E-state index contributed by atoms with van der Waals surface area (Å²) in [5, 5.41) is 12.3. The van der Waals surface area contributed by atoms with E-state index < -0.39 is 23.5 Å². The zero-order chi connectivity index (χ0) is 23.3. The van der Waals surface area contributed by atoms with Crippen LogP contribution in [0.1, 0.15) is 36.8 Å². The van der Waals surface area contributed by atoms with Crippen molar-refractivity contribution in [1.29, 1.82) is 0 Å². The summed E-state index contributed by atoms with van der Waals surface area (Å²) < 4.78 is 88.7. The van der Waals surface area contributed by atoms with E-state index in [0.717, 1.165) is 31.0 Å². The first-order chi connectivity index (χ1) is 15.0. The highest BCUT2D eigenvalue weighted by Crippen LogP contribution is 2.42. The first-order valence-corrected chi connectivity index (χ1v) is 9.98. The van der Waals surface area contributed by atoms with Crippen molar-refractivity contribution in [3.8, 4) is 11.5 Å². The predicted octanol–water partition coefficient (Wildman–Crippen LogP) is 4.95. The predicted molar refractivity (Wildman–Crippen MR) is 101 cm³/mol. The average Bonchev–Trinajstić information content (AvgIpc) is 2.96. The molecule has 3 atom stereocenters. The van der Waals surface area contributed by atoms with Crippen LogP contribution in [0.5, 0.6) is 11.5 Å². The number of nitrogens with zero attached hydrogens (tertiary/aromatic N) is 2. The van der Waals surface area contributed by atoms with Gasteiger partial charge in [0.15, 0.2) is 11.5 Å². The first-order valence-electron chi connectivity index (χ1n) is 9.98. The molecule has 5 nitrogen and oxygen atoms in total. The van der Waals surface area contributed by atoms with Gasteiger partial charge in [-0.05, 0) is 37.1 Å². The molecule has 0 amide bonds. The number of methoxy groups -OCH3 is 1. The molecular weight excluding hydrogens is 442 g/mol. The normalized spacial score (nSPS) is 23.3. The molecule has 0 spiro atoms. The van der Waals surface area contributed by atoms with Crippen molar-refractivity contribution in [3.05, 3.63) is 52.9 Å². The topological polar surface area (TPSA) is 48.6 Å². The fraction of sp³-hybridized carbons (Fsp3) is 0.476. The fourth-order valence-corrected chi connectivity index (χ4v) is 4.56. The SMILES string of the molecule is COc1cc(C(F)(F)F)ccc1OC1C[C@H]2CC[C@@H](C1)N2c1ccc(C(F)(F)F)c[n+]1[O-]. The zero-order valence-electron chi connectivity index (χ0n) is 16.9. The second-order valence-electron chi connectivity index (χ2n) is 7.97. The molecule has 2 bridgehead atoms. The molecule has 2 aromatic rings. The summed E-state index contributed by atoms with van der Waals surface area (Å²) in [4.78, 5) is 1.83. The lowest BCUT2D eigenvalue weighted by molar-refractivity contribution is -0.594. The Balaban J connectivity index is 1.51. The van der Waals surface area contributed by atoms with Gasteiger partial charge < -0.3 is 14.7 Å². The Morgan fingerprint density at radius 3 is 2.03 bits per heavy atom. The van der Waals surface area contributed by atoms with Crippen LogP contribution in [0.3, 0.4) is 0 Å². The highest BCUT2D eigenvalue weighted by atomic mass is 19.4. The molecule has 0 N–H and O–H groups in total. The third-order valence-corrected chi connectivity index (χ3v) is 5.96. The maximum atomic E-state index is 12.9. The number of rotatable bonds is 4. The van der Waals surface area contributed by atoms with E-state index >= 15 is 0 Å². The molecule has 2 fully saturated rings. The molecule has 0 aliphatic carbocycles. The van der Waals surface area contributed by atoms with Crippen molar-refractivity contribution in [2.75, 3.05) is 12.0 Å². The number of hydrogen-bond acceptors (Lipinski definition) is 4. The Labute approximate surface area is 179 Å². The number of ether oxygens (including phenoxy) is 2. The van der Waals surface area contributed by atoms with Crippen LogP contribution in [-0.4, -0.2) is 25.3 Å². The van der Waals surface area contributed by atoms with Gasteiger partial charge in [0.1, 0.15) is 24.4 Å². The monoisotopic (exact) mass is 462 g/mol. The van der Waals surface area contributed by atoms with Crippen LogP contribution >= 0.6 is 0 Å². The highest BCUT2D eigenvalue weighted by Gasteiger charge is 2.48. The molecule has 2 aliphatic heterocycles. The molecule has 0 radical (unpaired) electrons. The largest absolute Gasteiger partial charge is 0.711 e. The Morgan fingerprint density at radius 1 is 0.906 bits per heavy atom. The third-order valence-electron chi connectivity index (χ3n) is 5.96. The highest BCUT2D eigenvalue weighted by molar-refractivity contribution is 5.45. The minimum absolute atomic E-state index is 0.0326. The van der Waals surface area contributed by atoms with E-state index in [1.165, 1.54) is 19.2 Å². The first kappa shape index (κ1) is 22.3. The molecule has 2 aliphatic rings. The quantitative estimate of drug-likeness (QED) is 0.367. The summed E-state index contributed by atoms with van der Waals surface area (Å²) in [5.41, 5.74) is -1.87. The maximum Gasteiger partial charge on any atom is 0.419 e. The number of alkyl halides is 6. The molecule has 3 heterocycles. The molecule has 2 saturated heterocycles. The molecule has 0 saturated carbocycles. The van der Waals surface area contributed by atoms with E-state index in [0.29, 0.717) is 19.0 Å². The molecule has 174 valence electrons. The van der Waals surface area contributed by atoms with Gasteiger partial charge in [0.25, 0.3) is 5.82 Å². The number of hydrogen-bond donors (Lipinski definition) is 0. The lowest BCUT2D eigenvalue weighted by atomic mass is 9.99. The molecule has 1 unspecified atom stereocenters. The van der Waals surface area contributed by atoms with Crippen LogP contribution in [0.25, 0.3) is 0 Å². The van der Waals surface area contributed by atoms with Crippen molar-refractivity contribution in [2.45, 2.75) is 56.2 Å². The van der Waals surface area contributed by atoms with E-state index in [1.807, 2.05) is 4.90 Å². The number of piperidine rings is 1.